The van der Waals surface area contributed by atoms with Crippen molar-refractivity contribution in [1.29, 1.82) is 0 Å². The Morgan fingerprint density at radius 2 is 1.95 bits per heavy atom. The van der Waals surface area contributed by atoms with Crippen molar-refractivity contribution in [2.45, 2.75) is 13.0 Å². The number of hydrogen-bond donors (Lipinski definition) is 1. The molecule has 4 nitrogen and oxygen atoms in total. The lowest BCUT2D eigenvalue weighted by atomic mass is 10.2. The highest BCUT2D eigenvalue weighted by molar-refractivity contribution is 5.38. The van der Waals surface area contributed by atoms with Crippen LogP contribution in [0.5, 0.6) is 5.75 Å². The lowest BCUT2D eigenvalue weighted by Crippen LogP contribution is -2.18. The summed E-state index contributed by atoms with van der Waals surface area (Å²) in [6.07, 6.45) is 0.0857. The Hall–Kier alpha value is -1.54. The molecule has 0 aliphatic rings. The van der Waals surface area contributed by atoms with Crippen LogP contribution in [0.2, 0.25) is 0 Å². The summed E-state index contributed by atoms with van der Waals surface area (Å²) in [5.41, 5.74) is 6.25. The van der Waals surface area contributed by atoms with Crippen molar-refractivity contribution in [2.75, 3.05) is 33.5 Å². The van der Waals surface area contributed by atoms with Gasteiger partial charge in [-0.05, 0) is 31.2 Å². The molecule has 0 heterocycles. The second-order valence-corrected chi connectivity index (χ2v) is 4.02. The van der Waals surface area contributed by atoms with E-state index >= 15 is 0 Å². The highest BCUT2D eigenvalue weighted by Gasteiger charge is 2.00. The number of rotatable bonds is 7. The summed E-state index contributed by atoms with van der Waals surface area (Å²) >= 11 is 0. The van der Waals surface area contributed by atoms with E-state index in [2.05, 4.69) is 11.8 Å². The fraction of sp³-hybridized carbons (Fsp3) is 0.467. The van der Waals surface area contributed by atoms with Gasteiger partial charge < -0.3 is 19.9 Å². The number of methoxy groups -OCH3 is 1. The van der Waals surface area contributed by atoms with Gasteiger partial charge in [0.25, 0.3) is 0 Å². The van der Waals surface area contributed by atoms with E-state index in [9.17, 15) is 0 Å². The highest BCUT2D eigenvalue weighted by Crippen LogP contribution is 2.11. The second-order valence-electron chi connectivity index (χ2n) is 4.02. The smallest absolute Gasteiger partial charge is 0.119 e. The van der Waals surface area contributed by atoms with E-state index in [1.807, 2.05) is 31.2 Å². The molecule has 1 aromatic carbocycles. The molecular weight excluding hydrogens is 242 g/mol. The zero-order valence-corrected chi connectivity index (χ0v) is 11.5. The van der Waals surface area contributed by atoms with Gasteiger partial charge in [0.05, 0.1) is 25.9 Å². The van der Waals surface area contributed by atoms with Crippen LogP contribution in [-0.4, -0.2) is 39.6 Å². The summed E-state index contributed by atoms with van der Waals surface area (Å²) in [7, 11) is 1.66. The van der Waals surface area contributed by atoms with Gasteiger partial charge >= 0.3 is 0 Å². The maximum atomic E-state index is 5.56. The van der Waals surface area contributed by atoms with E-state index in [1.165, 1.54) is 0 Å². The van der Waals surface area contributed by atoms with Gasteiger partial charge in [-0.1, -0.05) is 11.8 Å². The maximum Gasteiger partial charge on any atom is 0.119 e. The number of benzene rings is 1. The summed E-state index contributed by atoms with van der Waals surface area (Å²) in [6.45, 7) is 3.99. The lowest BCUT2D eigenvalue weighted by Gasteiger charge is -2.12. The van der Waals surface area contributed by atoms with Gasteiger partial charge in [0.1, 0.15) is 12.4 Å². The minimum Gasteiger partial charge on any atom is -0.491 e. The van der Waals surface area contributed by atoms with E-state index in [0.29, 0.717) is 26.4 Å². The Morgan fingerprint density at radius 3 is 2.58 bits per heavy atom. The summed E-state index contributed by atoms with van der Waals surface area (Å²) in [4.78, 5) is 0. The van der Waals surface area contributed by atoms with Gasteiger partial charge in [0.15, 0.2) is 0 Å². The standard InChI is InChI=1S/C15H21NO3/c1-13(12-17-2)18-10-11-19-15-7-5-14(6-8-15)4-3-9-16/h5-8,13H,9-12,16H2,1-2H3. The summed E-state index contributed by atoms with van der Waals surface area (Å²) < 4.78 is 16.0. The van der Waals surface area contributed by atoms with Crippen LogP contribution >= 0.6 is 0 Å². The molecule has 0 saturated carbocycles. The Balaban J connectivity index is 2.26. The third-order valence-corrected chi connectivity index (χ3v) is 2.34. The number of nitrogens with two attached hydrogens (primary N) is 1. The van der Waals surface area contributed by atoms with Crippen LogP contribution in [-0.2, 0) is 9.47 Å². The van der Waals surface area contributed by atoms with Crippen molar-refractivity contribution >= 4 is 0 Å². The first-order valence-corrected chi connectivity index (χ1v) is 6.28. The first-order chi connectivity index (χ1) is 9.26. The highest BCUT2D eigenvalue weighted by atomic mass is 16.5. The van der Waals surface area contributed by atoms with Crippen LogP contribution < -0.4 is 10.5 Å². The topological polar surface area (TPSA) is 53.7 Å². The predicted octanol–water partition coefficient (Wildman–Crippen LogP) is 1.43. The molecule has 0 saturated heterocycles. The third-order valence-electron chi connectivity index (χ3n) is 2.34. The van der Waals surface area contributed by atoms with Crippen molar-refractivity contribution in [1.82, 2.24) is 0 Å². The monoisotopic (exact) mass is 263 g/mol. The van der Waals surface area contributed by atoms with Crippen LogP contribution in [0, 0.1) is 11.8 Å². The molecule has 4 heteroatoms. The van der Waals surface area contributed by atoms with Crippen LogP contribution in [0.1, 0.15) is 12.5 Å². The molecule has 0 aliphatic carbocycles. The Labute approximate surface area is 114 Å². The number of ether oxygens (including phenoxy) is 3. The SMILES string of the molecule is COCC(C)OCCOc1ccc(C#CCN)cc1. The van der Waals surface area contributed by atoms with Crippen molar-refractivity contribution in [3.05, 3.63) is 29.8 Å². The lowest BCUT2D eigenvalue weighted by molar-refractivity contribution is -0.00214. The molecule has 1 aromatic rings. The molecule has 0 bridgehead atoms. The largest absolute Gasteiger partial charge is 0.491 e. The fourth-order valence-electron chi connectivity index (χ4n) is 1.48. The minimum atomic E-state index is 0.0857. The van der Waals surface area contributed by atoms with Gasteiger partial charge in [0.2, 0.25) is 0 Å². The first-order valence-electron chi connectivity index (χ1n) is 6.28. The van der Waals surface area contributed by atoms with Crippen molar-refractivity contribution in [2.24, 2.45) is 5.73 Å². The Morgan fingerprint density at radius 1 is 1.21 bits per heavy atom. The van der Waals surface area contributed by atoms with E-state index in [1.54, 1.807) is 7.11 Å². The van der Waals surface area contributed by atoms with Gasteiger partial charge in [-0.2, -0.15) is 0 Å². The zero-order chi connectivity index (χ0) is 13.9. The van der Waals surface area contributed by atoms with Crippen LogP contribution in [0.15, 0.2) is 24.3 Å². The molecule has 1 rings (SSSR count). The minimum absolute atomic E-state index is 0.0857. The number of hydrogen-bond acceptors (Lipinski definition) is 4. The molecule has 0 aliphatic heterocycles. The van der Waals surface area contributed by atoms with Crippen LogP contribution in [0.25, 0.3) is 0 Å². The van der Waals surface area contributed by atoms with Gasteiger partial charge in [-0.15, -0.1) is 0 Å². The normalized spacial score (nSPS) is 11.5. The average molecular weight is 263 g/mol. The van der Waals surface area contributed by atoms with Crippen LogP contribution in [0.3, 0.4) is 0 Å². The second kappa shape index (κ2) is 9.40. The molecule has 0 aromatic heterocycles. The Bertz CT molecular complexity index is 406. The van der Waals surface area contributed by atoms with Crippen molar-refractivity contribution in [3.63, 3.8) is 0 Å². The quantitative estimate of drug-likeness (QED) is 0.597. The summed E-state index contributed by atoms with van der Waals surface area (Å²) in [5, 5.41) is 0. The maximum absolute atomic E-state index is 5.56. The predicted molar refractivity (Wildman–Crippen MR) is 75.2 cm³/mol. The Kier molecular flexibility index (Phi) is 7.68. The van der Waals surface area contributed by atoms with E-state index in [-0.39, 0.29) is 6.10 Å². The fourth-order valence-corrected chi connectivity index (χ4v) is 1.48. The molecule has 1 unspecified atom stereocenters. The molecule has 1 atom stereocenters. The third kappa shape index (κ3) is 6.82. The van der Waals surface area contributed by atoms with Crippen LogP contribution in [0.4, 0.5) is 0 Å². The van der Waals surface area contributed by atoms with E-state index in [4.69, 9.17) is 19.9 Å². The first kappa shape index (κ1) is 15.5. The van der Waals surface area contributed by atoms with Crippen molar-refractivity contribution < 1.29 is 14.2 Å². The zero-order valence-electron chi connectivity index (χ0n) is 11.5. The molecule has 0 radical (unpaired) electrons. The van der Waals surface area contributed by atoms with E-state index in [0.717, 1.165) is 11.3 Å². The molecular formula is C15H21NO3. The molecule has 0 amide bonds. The molecule has 0 fully saturated rings. The summed E-state index contributed by atoms with van der Waals surface area (Å²) in [6, 6.07) is 7.59. The van der Waals surface area contributed by atoms with Gasteiger partial charge in [0, 0.05) is 12.7 Å². The van der Waals surface area contributed by atoms with Gasteiger partial charge in [-0.25, -0.2) is 0 Å². The van der Waals surface area contributed by atoms with Gasteiger partial charge in [-0.3, -0.25) is 0 Å². The summed E-state index contributed by atoms with van der Waals surface area (Å²) in [5.74, 6) is 6.57. The van der Waals surface area contributed by atoms with Crippen molar-refractivity contribution in [3.8, 4) is 17.6 Å². The van der Waals surface area contributed by atoms with E-state index < -0.39 is 0 Å². The molecule has 19 heavy (non-hydrogen) atoms. The average Bonchev–Trinajstić information content (AvgIpc) is 2.43. The molecule has 2 N–H and O–H groups in total. The molecule has 104 valence electrons. The molecule has 0 spiro atoms.